The zero-order valence-electron chi connectivity index (χ0n) is 11.2. The molecule has 0 atom stereocenters. The van der Waals surface area contributed by atoms with Crippen LogP contribution in [0.4, 0.5) is 0 Å². The number of benzene rings is 1. The Hall–Kier alpha value is -2.30. The lowest BCUT2D eigenvalue weighted by Crippen LogP contribution is -2.41. The smallest absolute Gasteiger partial charge is 0.287 e. The Bertz CT molecular complexity index is 545. The zero-order valence-corrected chi connectivity index (χ0v) is 11.2. The third-order valence-corrected chi connectivity index (χ3v) is 2.95. The number of aromatic nitrogens is 2. The van der Waals surface area contributed by atoms with Gasteiger partial charge in [-0.15, -0.1) is 0 Å². The van der Waals surface area contributed by atoms with Crippen molar-refractivity contribution >= 4 is 5.91 Å². The fourth-order valence-corrected chi connectivity index (χ4v) is 1.81. The average Bonchev–Trinajstić information content (AvgIpc) is 2.92. The fourth-order valence-electron chi connectivity index (χ4n) is 1.81. The number of hydrogen-bond donors (Lipinski definition) is 2. The second kappa shape index (κ2) is 5.14. The first-order chi connectivity index (χ1) is 9.03. The lowest BCUT2D eigenvalue weighted by molar-refractivity contribution is 0.0902. The summed E-state index contributed by atoms with van der Waals surface area (Å²) >= 11 is 0. The van der Waals surface area contributed by atoms with Gasteiger partial charge in [-0.2, -0.15) is 0 Å². The number of aromatic amines is 1. The summed E-state index contributed by atoms with van der Waals surface area (Å²) in [5.74, 6) is 0.865. The molecule has 5 heteroatoms. The molecule has 0 saturated carbocycles. The molecule has 0 aliphatic rings. The highest BCUT2D eigenvalue weighted by molar-refractivity contribution is 5.91. The third-order valence-electron chi connectivity index (χ3n) is 2.95. The normalized spacial score (nSPS) is 11.1. The number of ether oxygens (including phenoxy) is 1. The molecule has 0 fully saturated rings. The molecule has 2 N–H and O–H groups in total. The molecule has 0 aliphatic carbocycles. The van der Waals surface area contributed by atoms with Crippen LogP contribution < -0.4 is 10.1 Å². The van der Waals surface area contributed by atoms with Crippen molar-refractivity contribution in [3.8, 4) is 5.75 Å². The van der Waals surface area contributed by atoms with Crippen LogP contribution in [0.15, 0.2) is 36.7 Å². The largest absolute Gasteiger partial charge is 0.497 e. The van der Waals surface area contributed by atoms with Gasteiger partial charge in [0.15, 0.2) is 5.82 Å². The highest BCUT2D eigenvalue weighted by atomic mass is 16.5. The molecular weight excluding hydrogens is 242 g/mol. The molecule has 2 rings (SSSR count). The Kier molecular flexibility index (Phi) is 3.55. The number of carbonyl (C=O) groups is 1. The molecule has 0 unspecified atom stereocenters. The topological polar surface area (TPSA) is 67.0 Å². The minimum Gasteiger partial charge on any atom is -0.497 e. The highest BCUT2D eigenvalue weighted by Gasteiger charge is 2.24. The molecule has 1 aromatic carbocycles. The molecule has 5 nitrogen and oxygen atoms in total. The molecule has 1 heterocycles. The number of imidazole rings is 1. The van der Waals surface area contributed by atoms with Gasteiger partial charge in [-0.05, 0) is 31.5 Å². The van der Waals surface area contributed by atoms with Gasteiger partial charge in [-0.3, -0.25) is 4.79 Å². The molecule has 0 bridgehead atoms. The molecule has 1 amide bonds. The third kappa shape index (κ3) is 2.93. The number of nitrogens with one attached hydrogen (secondary N) is 2. The molecule has 19 heavy (non-hydrogen) atoms. The number of H-pyrrole nitrogens is 1. The Morgan fingerprint density at radius 3 is 2.53 bits per heavy atom. The first-order valence-electron chi connectivity index (χ1n) is 5.99. The van der Waals surface area contributed by atoms with Gasteiger partial charge in [0.25, 0.3) is 5.91 Å². The van der Waals surface area contributed by atoms with E-state index in [9.17, 15) is 4.79 Å². The molecule has 0 saturated heterocycles. The van der Waals surface area contributed by atoms with Crippen LogP contribution in [-0.4, -0.2) is 23.0 Å². The fraction of sp³-hybridized carbons (Fsp3) is 0.286. The summed E-state index contributed by atoms with van der Waals surface area (Å²) in [6.45, 7) is 3.88. The van der Waals surface area contributed by atoms with Crippen molar-refractivity contribution in [3.63, 3.8) is 0 Å². The maximum atomic E-state index is 12.0. The summed E-state index contributed by atoms with van der Waals surface area (Å²) in [6.07, 6.45) is 3.17. The van der Waals surface area contributed by atoms with Gasteiger partial charge in [0, 0.05) is 12.4 Å². The minimum absolute atomic E-state index is 0.231. The number of carbonyl (C=O) groups excluding carboxylic acids is 1. The standard InChI is InChI=1S/C14H17N3O2/c1-14(2,10-4-6-11(19-3)7-5-10)17-13(18)12-15-8-9-16-12/h4-9H,1-3H3,(H,15,16)(H,17,18). The highest BCUT2D eigenvalue weighted by Crippen LogP contribution is 2.22. The lowest BCUT2D eigenvalue weighted by atomic mass is 9.94. The van der Waals surface area contributed by atoms with Crippen LogP contribution >= 0.6 is 0 Å². The van der Waals surface area contributed by atoms with Gasteiger partial charge in [-0.1, -0.05) is 12.1 Å². The number of rotatable bonds is 4. The predicted molar refractivity (Wildman–Crippen MR) is 72.1 cm³/mol. The summed E-state index contributed by atoms with van der Waals surface area (Å²) in [7, 11) is 1.62. The molecule has 1 aromatic heterocycles. The summed E-state index contributed by atoms with van der Waals surface area (Å²) in [5.41, 5.74) is 0.504. The van der Waals surface area contributed by atoms with Crippen LogP contribution in [-0.2, 0) is 5.54 Å². The maximum absolute atomic E-state index is 12.0. The molecule has 2 aromatic rings. The van der Waals surface area contributed by atoms with E-state index in [0.717, 1.165) is 11.3 Å². The second-order valence-corrected chi connectivity index (χ2v) is 4.75. The predicted octanol–water partition coefficient (Wildman–Crippen LogP) is 2.08. The Morgan fingerprint density at radius 2 is 2.00 bits per heavy atom. The van der Waals surface area contributed by atoms with Crippen molar-refractivity contribution in [1.82, 2.24) is 15.3 Å². The molecule has 0 aliphatic heterocycles. The van der Waals surface area contributed by atoms with Crippen molar-refractivity contribution < 1.29 is 9.53 Å². The second-order valence-electron chi connectivity index (χ2n) is 4.75. The number of methoxy groups -OCH3 is 1. The van der Waals surface area contributed by atoms with E-state index in [1.165, 1.54) is 0 Å². The van der Waals surface area contributed by atoms with Crippen molar-refractivity contribution in [1.29, 1.82) is 0 Å². The number of nitrogens with zero attached hydrogens (tertiary/aromatic N) is 1. The van der Waals surface area contributed by atoms with Gasteiger partial charge < -0.3 is 15.0 Å². The maximum Gasteiger partial charge on any atom is 0.287 e. The molecule has 0 radical (unpaired) electrons. The average molecular weight is 259 g/mol. The molecular formula is C14H17N3O2. The summed E-state index contributed by atoms with van der Waals surface area (Å²) < 4.78 is 5.12. The van der Waals surface area contributed by atoms with Crippen molar-refractivity contribution in [2.45, 2.75) is 19.4 Å². The Morgan fingerprint density at radius 1 is 1.32 bits per heavy atom. The SMILES string of the molecule is COc1ccc(C(C)(C)NC(=O)c2ncc[nH]2)cc1. The van der Waals surface area contributed by atoms with Gasteiger partial charge in [-0.25, -0.2) is 4.98 Å². The summed E-state index contributed by atoms with van der Waals surface area (Å²) in [5, 5.41) is 2.94. The van der Waals surface area contributed by atoms with E-state index in [2.05, 4.69) is 15.3 Å². The van der Waals surface area contributed by atoms with Crippen molar-refractivity contribution in [2.75, 3.05) is 7.11 Å². The summed E-state index contributed by atoms with van der Waals surface area (Å²) in [6, 6.07) is 7.61. The minimum atomic E-state index is -0.490. The monoisotopic (exact) mass is 259 g/mol. The van der Waals surface area contributed by atoms with Gasteiger partial charge in [0.2, 0.25) is 0 Å². The summed E-state index contributed by atoms with van der Waals surface area (Å²) in [4.78, 5) is 18.7. The first kappa shape index (κ1) is 13.1. The molecule has 0 spiro atoms. The van der Waals surface area contributed by atoms with Gasteiger partial charge in [0.1, 0.15) is 5.75 Å². The van der Waals surface area contributed by atoms with E-state index in [4.69, 9.17) is 4.74 Å². The van der Waals surface area contributed by atoms with E-state index in [1.54, 1.807) is 19.5 Å². The van der Waals surface area contributed by atoms with Crippen LogP contribution in [0.3, 0.4) is 0 Å². The van der Waals surface area contributed by atoms with E-state index < -0.39 is 5.54 Å². The van der Waals surface area contributed by atoms with Crippen LogP contribution in [0.25, 0.3) is 0 Å². The molecule has 100 valence electrons. The quantitative estimate of drug-likeness (QED) is 0.883. The van der Waals surface area contributed by atoms with Crippen molar-refractivity contribution in [3.05, 3.63) is 48.0 Å². The zero-order chi connectivity index (χ0) is 13.9. The first-order valence-corrected chi connectivity index (χ1v) is 5.99. The van der Waals surface area contributed by atoms with E-state index in [0.29, 0.717) is 5.82 Å². The van der Waals surface area contributed by atoms with Crippen LogP contribution in [0.2, 0.25) is 0 Å². The number of hydrogen-bond acceptors (Lipinski definition) is 3. The Labute approximate surface area is 112 Å². The number of amides is 1. The van der Waals surface area contributed by atoms with Crippen LogP contribution in [0.5, 0.6) is 5.75 Å². The van der Waals surface area contributed by atoms with Gasteiger partial charge in [0.05, 0.1) is 12.6 Å². The van der Waals surface area contributed by atoms with Crippen molar-refractivity contribution in [2.24, 2.45) is 0 Å². The van der Waals surface area contributed by atoms with Gasteiger partial charge >= 0.3 is 0 Å². The lowest BCUT2D eigenvalue weighted by Gasteiger charge is -2.26. The van der Waals surface area contributed by atoms with Crippen LogP contribution in [0, 0.1) is 0 Å². The van der Waals surface area contributed by atoms with E-state index in [1.807, 2.05) is 38.1 Å². The van der Waals surface area contributed by atoms with E-state index in [-0.39, 0.29) is 5.91 Å². The Balaban J connectivity index is 2.14. The van der Waals surface area contributed by atoms with Crippen LogP contribution in [0.1, 0.15) is 30.0 Å². The van der Waals surface area contributed by atoms with E-state index >= 15 is 0 Å².